The number of nitrogens with zero attached hydrogens (tertiary/aromatic N) is 2. The second-order valence-electron chi connectivity index (χ2n) is 5.88. The molecule has 1 fully saturated rings. The van der Waals surface area contributed by atoms with Gasteiger partial charge in [0, 0.05) is 23.8 Å². The van der Waals surface area contributed by atoms with Gasteiger partial charge in [0.2, 0.25) is 0 Å². The Labute approximate surface area is 131 Å². The maximum absolute atomic E-state index is 6.04. The van der Waals surface area contributed by atoms with Gasteiger partial charge in [-0.15, -0.1) is 0 Å². The van der Waals surface area contributed by atoms with E-state index in [1.54, 1.807) is 0 Å². The van der Waals surface area contributed by atoms with Crippen LogP contribution in [-0.2, 0) is 6.54 Å². The summed E-state index contributed by atoms with van der Waals surface area (Å²) in [5, 5.41) is 9.00. The van der Waals surface area contributed by atoms with Crippen molar-refractivity contribution in [2.45, 2.75) is 51.2 Å². The minimum absolute atomic E-state index is 0.264. The van der Waals surface area contributed by atoms with E-state index in [0.29, 0.717) is 6.04 Å². The molecule has 1 unspecified atom stereocenters. The molecular weight excluding hydrogens is 282 g/mol. The Morgan fingerprint density at radius 1 is 1.33 bits per heavy atom. The van der Waals surface area contributed by atoms with Crippen LogP contribution in [0.2, 0.25) is 5.02 Å². The van der Waals surface area contributed by atoms with Crippen molar-refractivity contribution >= 4 is 11.6 Å². The fourth-order valence-corrected chi connectivity index (χ4v) is 3.19. The molecule has 0 radical (unpaired) electrons. The lowest BCUT2D eigenvalue weighted by atomic mass is 10.1. The van der Waals surface area contributed by atoms with Crippen LogP contribution in [0.25, 0.3) is 0 Å². The zero-order chi connectivity index (χ0) is 14.7. The Morgan fingerprint density at radius 2 is 2.14 bits per heavy atom. The molecule has 0 aliphatic heterocycles. The number of nitrogens with one attached hydrogen (secondary N) is 1. The molecular formula is C17H22ClN3. The van der Waals surface area contributed by atoms with Gasteiger partial charge in [0.25, 0.3) is 0 Å². The molecule has 3 rings (SSSR count). The summed E-state index contributed by atoms with van der Waals surface area (Å²) in [5.41, 5.74) is 2.31. The van der Waals surface area contributed by atoms with Crippen LogP contribution in [0.15, 0.2) is 36.5 Å². The van der Waals surface area contributed by atoms with Crippen molar-refractivity contribution in [3.05, 3.63) is 52.8 Å². The predicted molar refractivity (Wildman–Crippen MR) is 86.4 cm³/mol. The molecule has 1 aliphatic rings. The lowest BCUT2D eigenvalue weighted by Gasteiger charge is -2.14. The van der Waals surface area contributed by atoms with E-state index in [1.807, 2.05) is 18.2 Å². The number of aromatic nitrogens is 2. The molecule has 1 aliphatic carbocycles. The zero-order valence-corrected chi connectivity index (χ0v) is 13.2. The summed E-state index contributed by atoms with van der Waals surface area (Å²) in [4.78, 5) is 0. The van der Waals surface area contributed by atoms with E-state index >= 15 is 0 Å². The smallest absolute Gasteiger partial charge is 0.0762 e. The maximum atomic E-state index is 6.04. The van der Waals surface area contributed by atoms with Crippen molar-refractivity contribution in [3.63, 3.8) is 0 Å². The standard InChI is InChI=1S/C17H22ClN3/c1-13(14-5-4-6-15(18)11-14)19-12-16-9-10-21(20-16)17-7-2-3-8-17/h4-6,9-11,13,17,19H,2-3,7-8,12H2,1H3. The van der Waals surface area contributed by atoms with Gasteiger partial charge in [-0.25, -0.2) is 0 Å². The van der Waals surface area contributed by atoms with Crippen molar-refractivity contribution in [2.75, 3.05) is 0 Å². The Hall–Kier alpha value is -1.32. The minimum Gasteiger partial charge on any atom is -0.304 e. The first-order chi connectivity index (χ1) is 10.2. The average Bonchev–Trinajstić information content (AvgIpc) is 3.15. The van der Waals surface area contributed by atoms with Gasteiger partial charge in [-0.2, -0.15) is 5.10 Å². The fraction of sp³-hybridized carbons (Fsp3) is 0.471. The van der Waals surface area contributed by atoms with Gasteiger partial charge < -0.3 is 5.32 Å². The molecule has 3 nitrogen and oxygen atoms in total. The van der Waals surface area contributed by atoms with Crippen LogP contribution in [0.1, 0.15) is 55.9 Å². The van der Waals surface area contributed by atoms with E-state index in [1.165, 1.54) is 31.2 Å². The van der Waals surface area contributed by atoms with Crippen LogP contribution in [0, 0.1) is 0 Å². The van der Waals surface area contributed by atoms with Crippen molar-refractivity contribution in [1.82, 2.24) is 15.1 Å². The summed E-state index contributed by atoms with van der Waals surface area (Å²) in [7, 11) is 0. The predicted octanol–water partition coefficient (Wildman–Crippen LogP) is 4.50. The monoisotopic (exact) mass is 303 g/mol. The molecule has 1 aromatic heterocycles. The molecule has 0 amide bonds. The number of benzene rings is 1. The number of halogens is 1. The number of hydrogen-bond donors (Lipinski definition) is 1. The highest BCUT2D eigenvalue weighted by atomic mass is 35.5. The fourth-order valence-electron chi connectivity index (χ4n) is 3.00. The second kappa shape index (κ2) is 6.63. The summed E-state index contributed by atoms with van der Waals surface area (Å²) in [6.45, 7) is 2.94. The molecule has 21 heavy (non-hydrogen) atoms. The minimum atomic E-state index is 0.264. The third-order valence-electron chi connectivity index (χ3n) is 4.30. The summed E-state index contributed by atoms with van der Waals surface area (Å²) in [6, 6.07) is 11.0. The molecule has 4 heteroatoms. The first kappa shape index (κ1) is 14.6. The van der Waals surface area contributed by atoms with E-state index in [9.17, 15) is 0 Å². The Balaban J connectivity index is 1.57. The van der Waals surface area contributed by atoms with Crippen LogP contribution >= 0.6 is 11.6 Å². The van der Waals surface area contributed by atoms with E-state index < -0.39 is 0 Å². The third-order valence-corrected chi connectivity index (χ3v) is 4.54. The van der Waals surface area contributed by atoms with E-state index in [-0.39, 0.29) is 6.04 Å². The molecule has 0 bridgehead atoms. The number of hydrogen-bond acceptors (Lipinski definition) is 2. The van der Waals surface area contributed by atoms with Gasteiger partial charge in [0.05, 0.1) is 11.7 Å². The third kappa shape index (κ3) is 3.66. The van der Waals surface area contributed by atoms with Gasteiger partial charge in [0.15, 0.2) is 0 Å². The molecule has 1 heterocycles. The SMILES string of the molecule is CC(NCc1ccn(C2CCCC2)n1)c1cccc(Cl)c1. The van der Waals surface area contributed by atoms with Crippen molar-refractivity contribution in [2.24, 2.45) is 0 Å². The van der Waals surface area contributed by atoms with Gasteiger partial charge in [-0.1, -0.05) is 36.6 Å². The molecule has 0 saturated heterocycles. The quantitative estimate of drug-likeness (QED) is 0.881. The lowest BCUT2D eigenvalue weighted by molar-refractivity contribution is 0.458. The van der Waals surface area contributed by atoms with Crippen LogP contribution in [0.3, 0.4) is 0 Å². The van der Waals surface area contributed by atoms with Gasteiger partial charge in [0.1, 0.15) is 0 Å². The Kier molecular flexibility index (Phi) is 4.61. The molecule has 1 saturated carbocycles. The molecule has 112 valence electrons. The van der Waals surface area contributed by atoms with Gasteiger partial charge in [-0.05, 0) is 43.5 Å². The zero-order valence-electron chi connectivity index (χ0n) is 12.4. The topological polar surface area (TPSA) is 29.9 Å². The van der Waals surface area contributed by atoms with Crippen molar-refractivity contribution in [1.29, 1.82) is 0 Å². The highest BCUT2D eigenvalue weighted by Gasteiger charge is 2.17. The maximum Gasteiger partial charge on any atom is 0.0762 e. The van der Waals surface area contributed by atoms with E-state index in [2.05, 4.69) is 35.3 Å². The Morgan fingerprint density at radius 3 is 2.90 bits per heavy atom. The van der Waals surface area contributed by atoms with Crippen LogP contribution in [-0.4, -0.2) is 9.78 Å². The van der Waals surface area contributed by atoms with Crippen molar-refractivity contribution < 1.29 is 0 Å². The number of rotatable bonds is 5. The molecule has 0 spiro atoms. The normalized spacial score (nSPS) is 17.2. The largest absolute Gasteiger partial charge is 0.304 e. The van der Waals surface area contributed by atoms with Gasteiger partial charge >= 0.3 is 0 Å². The first-order valence-corrected chi connectivity index (χ1v) is 8.13. The van der Waals surface area contributed by atoms with Crippen molar-refractivity contribution in [3.8, 4) is 0 Å². The first-order valence-electron chi connectivity index (χ1n) is 7.75. The summed E-state index contributed by atoms with van der Waals surface area (Å²) in [5.74, 6) is 0. The van der Waals surface area contributed by atoms with Crippen LogP contribution in [0.5, 0.6) is 0 Å². The lowest BCUT2D eigenvalue weighted by Crippen LogP contribution is -2.18. The summed E-state index contributed by atoms with van der Waals surface area (Å²) < 4.78 is 2.15. The molecule has 2 aromatic rings. The summed E-state index contributed by atoms with van der Waals surface area (Å²) >= 11 is 6.04. The average molecular weight is 304 g/mol. The van der Waals surface area contributed by atoms with E-state index in [0.717, 1.165) is 17.3 Å². The van der Waals surface area contributed by atoms with Gasteiger partial charge in [-0.3, -0.25) is 4.68 Å². The van der Waals surface area contributed by atoms with Crippen LogP contribution in [0.4, 0.5) is 0 Å². The molecule has 1 N–H and O–H groups in total. The van der Waals surface area contributed by atoms with E-state index in [4.69, 9.17) is 16.7 Å². The summed E-state index contributed by atoms with van der Waals surface area (Å²) in [6.07, 6.45) is 7.34. The highest BCUT2D eigenvalue weighted by Crippen LogP contribution is 2.28. The molecule has 1 atom stereocenters. The highest BCUT2D eigenvalue weighted by molar-refractivity contribution is 6.30. The molecule has 1 aromatic carbocycles. The Bertz CT molecular complexity index is 587. The van der Waals surface area contributed by atoms with Crippen LogP contribution < -0.4 is 5.32 Å². The second-order valence-corrected chi connectivity index (χ2v) is 6.32.